The molecule has 0 bridgehead atoms. The minimum Gasteiger partial charge on any atom is -0.322 e. The highest BCUT2D eigenvalue weighted by Gasteiger charge is 2.25. The van der Waals surface area contributed by atoms with Gasteiger partial charge in [-0.1, -0.05) is 30.3 Å². The fourth-order valence-electron chi connectivity index (χ4n) is 3.23. The van der Waals surface area contributed by atoms with E-state index in [2.05, 4.69) is 35.2 Å². The first kappa shape index (κ1) is 10.8. The van der Waals surface area contributed by atoms with Crippen molar-refractivity contribution >= 4 is 11.5 Å². The van der Waals surface area contributed by atoms with Crippen LogP contribution in [0.5, 0.6) is 0 Å². The van der Waals surface area contributed by atoms with Crippen molar-refractivity contribution in [3.63, 3.8) is 0 Å². The molecule has 0 saturated heterocycles. The lowest BCUT2D eigenvalue weighted by Crippen LogP contribution is -2.23. The maximum absolute atomic E-state index is 8.35. The lowest BCUT2D eigenvalue weighted by molar-refractivity contribution is 0.911. The molecule has 0 spiro atoms. The number of nitrogens with one attached hydrogen (secondary N) is 1. The van der Waals surface area contributed by atoms with E-state index in [1.807, 2.05) is 12.1 Å². The van der Waals surface area contributed by atoms with Crippen LogP contribution in [0.1, 0.15) is 28.7 Å². The van der Waals surface area contributed by atoms with Gasteiger partial charge in [0.25, 0.3) is 0 Å². The molecule has 94 valence electrons. The van der Waals surface area contributed by atoms with Crippen molar-refractivity contribution in [1.82, 2.24) is 0 Å². The number of amidine groups is 1. The molecule has 1 heterocycles. The van der Waals surface area contributed by atoms with E-state index >= 15 is 0 Å². The van der Waals surface area contributed by atoms with Gasteiger partial charge in [-0.3, -0.25) is 5.41 Å². The molecule has 0 unspecified atom stereocenters. The third-order valence-electron chi connectivity index (χ3n) is 4.26. The number of benzene rings is 2. The van der Waals surface area contributed by atoms with Crippen LogP contribution >= 0.6 is 0 Å². The second-order valence-corrected chi connectivity index (χ2v) is 5.40. The monoisotopic (exact) mass is 248 g/mol. The fourth-order valence-corrected chi connectivity index (χ4v) is 3.23. The first-order valence-corrected chi connectivity index (χ1v) is 6.89. The van der Waals surface area contributed by atoms with Gasteiger partial charge in [0.1, 0.15) is 5.84 Å². The van der Waals surface area contributed by atoms with Gasteiger partial charge < -0.3 is 4.90 Å². The Kier molecular flexibility index (Phi) is 2.25. The Hall–Kier alpha value is -2.09. The van der Waals surface area contributed by atoms with E-state index in [-0.39, 0.29) is 0 Å². The standard InChI is InChI=1S/C17H16N2/c18-17-16-7-2-1-4-14(16)11-19(17)15-9-8-12-5-3-6-13(12)10-15/h1-2,4,7-10,18H,3,5-6,11H2. The molecule has 19 heavy (non-hydrogen) atoms. The Morgan fingerprint density at radius 3 is 2.63 bits per heavy atom. The summed E-state index contributed by atoms with van der Waals surface area (Å²) in [7, 11) is 0. The van der Waals surface area contributed by atoms with Crippen molar-refractivity contribution in [2.24, 2.45) is 0 Å². The zero-order chi connectivity index (χ0) is 12.8. The fraction of sp³-hybridized carbons (Fsp3) is 0.235. The number of nitrogens with zero attached hydrogens (tertiary/aromatic N) is 1. The lowest BCUT2D eigenvalue weighted by Gasteiger charge is -2.19. The zero-order valence-electron chi connectivity index (χ0n) is 10.8. The molecular formula is C17H16N2. The molecular weight excluding hydrogens is 232 g/mol. The second kappa shape index (κ2) is 3.95. The van der Waals surface area contributed by atoms with E-state index in [1.165, 1.54) is 41.6 Å². The van der Waals surface area contributed by atoms with Crippen LogP contribution < -0.4 is 4.90 Å². The quantitative estimate of drug-likeness (QED) is 0.821. The molecule has 0 saturated carbocycles. The number of anilines is 1. The maximum atomic E-state index is 8.35. The molecule has 1 aliphatic carbocycles. The van der Waals surface area contributed by atoms with Gasteiger partial charge in [-0.25, -0.2) is 0 Å². The molecule has 0 amide bonds. The van der Waals surface area contributed by atoms with Crippen LogP contribution in [0, 0.1) is 5.41 Å². The summed E-state index contributed by atoms with van der Waals surface area (Å²) in [5, 5.41) is 8.35. The van der Waals surface area contributed by atoms with Crippen molar-refractivity contribution < 1.29 is 0 Å². The number of hydrogen-bond donors (Lipinski definition) is 1. The van der Waals surface area contributed by atoms with Gasteiger partial charge in [-0.2, -0.15) is 0 Å². The van der Waals surface area contributed by atoms with Gasteiger partial charge in [0.2, 0.25) is 0 Å². The summed E-state index contributed by atoms with van der Waals surface area (Å²) in [4.78, 5) is 2.11. The third kappa shape index (κ3) is 1.60. The zero-order valence-corrected chi connectivity index (χ0v) is 10.8. The molecule has 2 aromatic rings. The summed E-state index contributed by atoms with van der Waals surface area (Å²) in [5.74, 6) is 0.633. The molecule has 2 aliphatic rings. The number of aryl methyl sites for hydroxylation is 2. The second-order valence-electron chi connectivity index (χ2n) is 5.40. The normalized spacial score (nSPS) is 16.6. The maximum Gasteiger partial charge on any atom is 0.133 e. The number of rotatable bonds is 1. The van der Waals surface area contributed by atoms with E-state index in [1.54, 1.807) is 0 Å². The Morgan fingerprint density at radius 1 is 0.895 bits per heavy atom. The van der Waals surface area contributed by atoms with Gasteiger partial charge in [0.05, 0.1) is 6.54 Å². The van der Waals surface area contributed by atoms with Crippen LogP contribution in [-0.4, -0.2) is 5.84 Å². The van der Waals surface area contributed by atoms with Crippen LogP contribution in [0.3, 0.4) is 0 Å². The van der Waals surface area contributed by atoms with E-state index in [4.69, 9.17) is 5.41 Å². The van der Waals surface area contributed by atoms with Gasteiger partial charge in [0, 0.05) is 11.3 Å². The van der Waals surface area contributed by atoms with Crippen LogP contribution in [0.25, 0.3) is 0 Å². The summed E-state index contributed by atoms with van der Waals surface area (Å²) < 4.78 is 0. The summed E-state index contributed by atoms with van der Waals surface area (Å²) >= 11 is 0. The molecule has 0 atom stereocenters. The Morgan fingerprint density at radius 2 is 1.74 bits per heavy atom. The highest BCUT2D eigenvalue weighted by Crippen LogP contribution is 2.31. The molecule has 1 N–H and O–H groups in total. The predicted molar refractivity (Wildman–Crippen MR) is 77.9 cm³/mol. The SMILES string of the molecule is N=C1c2ccccc2CN1c1ccc2c(c1)CCC2. The molecule has 2 nitrogen and oxygen atoms in total. The Labute approximate surface area is 113 Å². The van der Waals surface area contributed by atoms with Crippen molar-refractivity contribution in [3.05, 3.63) is 64.7 Å². The van der Waals surface area contributed by atoms with Gasteiger partial charge in [-0.15, -0.1) is 0 Å². The van der Waals surface area contributed by atoms with Crippen LogP contribution in [0.15, 0.2) is 42.5 Å². The topological polar surface area (TPSA) is 27.1 Å². The molecule has 2 heteroatoms. The molecule has 4 rings (SSSR count). The number of fused-ring (bicyclic) bond motifs is 2. The third-order valence-corrected chi connectivity index (χ3v) is 4.26. The van der Waals surface area contributed by atoms with Gasteiger partial charge in [-0.05, 0) is 48.1 Å². The summed E-state index contributed by atoms with van der Waals surface area (Å²) in [6.45, 7) is 0.827. The minimum absolute atomic E-state index is 0.633. The summed E-state index contributed by atoms with van der Waals surface area (Å²) in [5.41, 5.74) is 6.46. The van der Waals surface area contributed by atoms with Gasteiger partial charge >= 0.3 is 0 Å². The largest absolute Gasteiger partial charge is 0.322 e. The van der Waals surface area contributed by atoms with Crippen LogP contribution in [0.2, 0.25) is 0 Å². The highest BCUT2D eigenvalue weighted by atomic mass is 15.2. The average Bonchev–Trinajstić information content (AvgIpc) is 3.03. The highest BCUT2D eigenvalue weighted by molar-refractivity contribution is 6.11. The van der Waals surface area contributed by atoms with Crippen molar-refractivity contribution in [3.8, 4) is 0 Å². The molecule has 2 aromatic carbocycles. The van der Waals surface area contributed by atoms with Crippen molar-refractivity contribution in [1.29, 1.82) is 5.41 Å². The lowest BCUT2D eigenvalue weighted by atomic mass is 10.1. The Balaban J connectivity index is 1.74. The average molecular weight is 248 g/mol. The van der Waals surface area contributed by atoms with E-state index < -0.39 is 0 Å². The molecule has 0 fully saturated rings. The summed E-state index contributed by atoms with van der Waals surface area (Å²) in [6, 6.07) is 14.9. The smallest absolute Gasteiger partial charge is 0.133 e. The van der Waals surface area contributed by atoms with E-state index in [9.17, 15) is 0 Å². The summed E-state index contributed by atoms with van der Waals surface area (Å²) in [6.07, 6.45) is 3.68. The van der Waals surface area contributed by atoms with E-state index in [0.29, 0.717) is 5.84 Å². The van der Waals surface area contributed by atoms with Crippen molar-refractivity contribution in [2.45, 2.75) is 25.8 Å². The minimum atomic E-state index is 0.633. The first-order valence-electron chi connectivity index (χ1n) is 6.89. The van der Waals surface area contributed by atoms with E-state index in [0.717, 1.165) is 12.1 Å². The van der Waals surface area contributed by atoms with Gasteiger partial charge in [0.15, 0.2) is 0 Å². The first-order chi connectivity index (χ1) is 9.33. The predicted octanol–water partition coefficient (Wildman–Crippen LogP) is 3.52. The molecule has 0 radical (unpaired) electrons. The molecule has 0 aromatic heterocycles. The van der Waals surface area contributed by atoms with Crippen LogP contribution in [0.4, 0.5) is 5.69 Å². The molecule has 1 aliphatic heterocycles. The number of hydrogen-bond acceptors (Lipinski definition) is 1. The Bertz CT molecular complexity index is 673. The van der Waals surface area contributed by atoms with Crippen LogP contribution in [-0.2, 0) is 19.4 Å². The van der Waals surface area contributed by atoms with Crippen molar-refractivity contribution in [2.75, 3.05) is 4.90 Å².